The first-order chi connectivity index (χ1) is 17.5. The lowest BCUT2D eigenvalue weighted by Crippen LogP contribution is -2.34. The molecule has 0 aliphatic carbocycles. The molecule has 0 fully saturated rings. The number of methoxy groups -OCH3 is 1. The van der Waals surface area contributed by atoms with Gasteiger partial charge in [-0.1, -0.05) is 31.9 Å². The van der Waals surface area contributed by atoms with Gasteiger partial charge in [0, 0.05) is 27.9 Å². The number of aromatic carboxylic acids is 1. The molecule has 194 valence electrons. The largest absolute Gasteiger partial charge is 0.495 e. The zero-order valence-electron chi connectivity index (χ0n) is 21.1. The maximum absolute atomic E-state index is 13.4. The van der Waals surface area contributed by atoms with Gasteiger partial charge in [-0.2, -0.15) is 0 Å². The summed E-state index contributed by atoms with van der Waals surface area (Å²) in [5, 5.41) is 12.3. The van der Waals surface area contributed by atoms with Crippen molar-refractivity contribution in [1.29, 1.82) is 0 Å². The Labute approximate surface area is 219 Å². The van der Waals surface area contributed by atoms with Crippen LogP contribution in [0.25, 0.3) is 11.1 Å². The summed E-state index contributed by atoms with van der Waals surface area (Å²) >= 11 is 6.19. The van der Waals surface area contributed by atoms with Crippen LogP contribution in [0.15, 0.2) is 59.5 Å². The number of ether oxygens (including phenoxy) is 1. The smallest absolute Gasteiger partial charge is 0.335 e. The fourth-order valence-corrected chi connectivity index (χ4v) is 4.18. The fourth-order valence-electron chi connectivity index (χ4n) is 4.01. The number of anilines is 1. The number of carboxylic acids is 1. The molecule has 0 saturated heterocycles. The van der Waals surface area contributed by atoms with E-state index in [0.717, 1.165) is 6.42 Å². The van der Waals surface area contributed by atoms with Crippen LogP contribution >= 0.6 is 11.6 Å². The first-order valence-corrected chi connectivity index (χ1v) is 12.2. The van der Waals surface area contributed by atoms with Crippen molar-refractivity contribution >= 4 is 34.9 Å². The predicted octanol–water partition coefficient (Wildman–Crippen LogP) is 5.69. The van der Waals surface area contributed by atoms with Gasteiger partial charge in [0.25, 0.3) is 5.56 Å². The van der Waals surface area contributed by atoms with E-state index < -0.39 is 23.5 Å². The second kappa shape index (κ2) is 11.9. The van der Waals surface area contributed by atoms with Gasteiger partial charge in [-0.15, -0.1) is 0 Å². The van der Waals surface area contributed by atoms with Gasteiger partial charge in [-0.3, -0.25) is 19.0 Å². The second-order valence-electron chi connectivity index (χ2n) is 8.88. The van der Waals surface area contributed by atoms with Crippen LogP contribution in [0.2, 0.25) is 5.02 Å². The lowest BCUT2D eigenvalue weighted by Gasteiger charge is -2.24. The molecule has 0 bridgehead atoms. The van der Waals surface area contributed by atoms with Crippen molar-refractivity contribution in [3.63, 3.8) is 0 Å². The highest BCUT2D eigenvalue weighted by Gasteiger charge is 2.26. The average Bonchev–Trinajstić information content (AvgIpc) is 2.87. The third kappa shape index (κ3) is 6.46. The predicted molar refractivity (Wildman–Crippen MR) is 143 cm³/mol. The Kier molecular flexibility index (Phi) is 8.89. The van der Waals surface area contributed by atoms with Gasteiger partial charge in [0.15, 0.2) is 5.78 Å². The number of nitrogens with zero attached hydrogens (tertiary/aromatic N) is 1. The summed E-state index contributed by atoms with van der Waals surface area (Å²) in [5.74, 6) is -1.26. The highest BCUT2D eigenvalue weighted by molar-refractivity contribution is 6.31. The monoisotopic (exact) mass is 524 g/mol. The first kappa shape index (κ1) is 27.7. The Hall–Kier alpha value is -3.91. The molecule has 0 spiro atoms. The molecule has 1 heterocycles. The number of hydrogen-bond donors (Lipinski definition) is 2. The number of nitrogens with one attached hydrogen (secondary N) is 1. The molecule has 0 saturated carbocycles. The molecular formula is C28H29ClN2O6. The van der Waals surface area contributed by atoms with Gasteiger partial charge in [-0.05, 0) is 67.3 Å². The third-order valence-corrected chi connectivity index (χ3v) is 6.51. The lowest BCUT2D eigenvalue weighted by molar-refractivity contribution is -0.119. The van der Waals surface area contributed by atoms with Crippen molar-refractivity contribution in [1.82, 2.24) is 4.57 Å². The summed E-state index contributed by atoms with van der Waals surface area (Å²) in [6, 6.07) is 11.1. The first-order valence-electron chi connectivity index (χ1n) is 11.8. The van der Waals surface area contributed by atoms with Crippen molar-refractivity contribution in [2.75, 3.05) is 12.4 Å². The SMILES string of the molecule is CCC(C)CC(C(=O)Nc1ccc(C(=O)O)cc1)n1cc(OC)c(-c2cc(Cl)ccc2C(C)=O)cc1=O. The number of aromatic nitrogens is 1. The molecule has 0 aliphatic heterocycles. The highest BCUT2D eigenvalue weighted by Crippen LogP contribution is 2.34. The van der Waals surface area contributed by atoms with Crippen LogP contribution in [0.3, 0.4) is 0 Å². The van der Waals surface area contributed by atoms with Gasteiger partial charge in [0.1, 0.15) is 11.8 Å². The van der Waals surface area contributed by atoms with Crippen molar-refractivity contribution in [3.8, 4) is 16.9 Å². The Morgan fingerprint density at radius 2 is 1.76 bits per heavy atom. The fraction of sp³-hybridized carbons (Fsp3) is 0.286. The minimum Gasteiger partial charge on any atom is -0.495 e. The summed E-state index contributed by atoms with van der Waals surface area (Å²) in [6.07, 6.45) is 2.65. The number of carboxylic acid groups (broad SMARTS) is 1. The number of carbonyl (C=O) groups is 3. The van der Waals surface area contributed by atoms with Crippen LogP contribution in [-0.2, 0) is 4.79 Å². The summed E-state index contributed by atoms with van der Waals surface area (Å²) in [7, 11) is 1.44. The van der Waals surface area contributed by atoms with E-state index in [0.29, 0.717) is 39.6 Å². The number of rotatable bonds is 10. The van der Waals surface area contributed by atoms with Crippen LogP contribution in [0.4, 0.5) is 5.69 Å². The van der Waals surface area contributed by atoms with Gasteiger partial charge in [0.05, 0.1) is 18.9 Å². The highest BCUT2D eigenvalue weighted by atomic mass is 35.5. The number of ketones is 1. The number of halogens is 1. The molecule has 2 aromatic carbocycles. The lowest BCUT2D eigenvalue weighted by atomic mass is 9.96. The molecule has 2 atom stereocenters. The van der Waals surface area contributed by atoms with Crippen LogP contribution in [0.1, 0.15) is 60.4 Å². The molecule has 2 unspecified atom stereocenters. The number of carbonyl (C=O) groups excluding carboxylic acids is 2. The molecule has 37 heavy (non-hydrogen) atoms. The summed E-state index contributed by atoms with van der Waals surface area (Å²) < 4.78 is 6.91. The van der Waals surface area contributed by atoms with Crippen molar-refractivity contribution in [3.05, 3.63) is 81.2 Å². The van der Waals surface area contributed by atoms with Crippen molar-refractivity contribution < 1.29 is 24.2 Å². The maximum Gasteiger partial charge on any atom is 0.335 e. The van der Waals surface area contributed by atoms with Gasteiger partial charge in [-0.25, -0.2) is 4.79 Å². The molecule has 8 nitrogen and oxygen atoms in total. The maximum atomic E-state index is 13.4. The molecule has 3 aromatic rings. The number of Topliss-reactive ketones (excluding diaryl/α,β-unsaturated/α-hetero) is 1. The Bertz CT molecular complexity index is 1380. The van der Waals surface area contributed by atoms with E-state index >= 15 is 0 Å². The standard InChI is InChI=1S/C28H29ClN2O6/c1-5-16(2)12-24(27(34)30-20-9-6-18(7-10-20)28(35)36)31-15-25(37-4)23(14-26(31)33)22-13-19(29)8-11-21(22)17(3)32/h6-11,13-16,24H,5,12H2,1-4H3,(H,30,34)(H,35,36). The third-order valence-electron chi connectivity index (χ3n) is 6.28. The molecular weight excluding hydrogens is 496 g/mol. The van der Waals surface area contributed by atoms with Crippen LogP contribution in [0.5, 0.6) is 5.75 Å². The van der Waals surface area contributed by atoms with Crippen LogP contribution < -0.4 is 15.6 Å². The molecule has 1 aromatic heterocycles. The van der Waals surface area contributed by atoms with E-state index in [9.17, 15) is 19.2 Å². The Balaban J connectivity index is 2.07. The molecule has 9 heteroatoms. The minimum absolute atomic E-state index is 0.0941. The topological polar surface area (TPSA) is 115 Å². The molecule has 1 amide bonds. The molecule has 2 N–H and O–H groups in total. The zero-order valence-corrected chi connectivity index (χ0v) is 21.8. The molecule has 0 aliphatic rings. The molecule has 3 rings (SSSR count). The number of benzene rings is 2. The summed E-state index contributed by atoms with van der Waals surface area (Å²) in [6.45, 7) is 5.42. The van der Waals surface area contributed by atoms with E-state index in [-0.39, 0.29) is 17.3 Å². The van der Waals surface area contributed by atoms with E-state index in [4.69, 9.17) is 21.4 Å². The summed E-state index contributed by atoms with van der Waals surface area (Å²) in [5.41, 5.74) is 1.29. The number of pyridine rings is 1. The zero-order chi connectivity index (χ0) is 27.3. The van der Waals surface area contributed by atoms with E-state index in [1.54, 1.807) is 18.2 Å². The Morgan fingerprint density at radius 1 is 1.08 bits per heavy atom. The van der Waals surface area contributed by atoms with E-state index in [1.807, 2.05) is 13.8 Å². The van der Waals surface area contributed by atoms with Gasteiger partial charge < -0.3 is 15.2 Å². The minimum atomic E-state index is -1.07. The van der Waals surface area contributed by atoms with E-state index in [1.165, 1.54) is 55.1 Å². The van der Waals surface area contributed by atoms with E-state index in [2.05, 4.69) is 5.32 Å². The quantitative estimate of drug-likeness (QED) is 0.329. The number of hydrogen-bond acceptors (Lipinski definition) is 5. The Morgan fingerprint density at radius 3 is 2.32 bits per heavy atom. The van der Waals surface area contributed by atoms with Crippen LogP contribution in [0, 0.1) is 5.92 Å². The number of amides is 1. The van der Waals surface area contributed by atoms with Crippen LogP contribution in [-0.4, -0.2) is 34.4 Å². The van der Waals surface area contributed by atoms with Crippen molar-refractivity contribution in [2.45, 2.75) is 39.7 Å². The molecule has 0 radical (unpaired) electrons. The van der Waals surface area contributed by atoms with Crippen molar-refractivity contribution in [2.24, 2.45) is 5.92 Å². The second-order valence-corrected chi connectivity index (χ2v) is 9.32. The van der Waals surface area contributed by atoms with Gasteiger partial charge >= 0.3 is 5.97 Å². The average molecular weight is 525 g/mol. The summed E-state index contributed by atoms with van der Waals surface area (Å²) in [4.78, 5) is 50.1. The van der Waals surface area contributed by atoms with Gasteiger partial charge in [0.2, 0.25) is 5.91 Å². The normalized spacial score (nSPS) is 12.5.